The van der Waals surface area contributed by atoms with Crippen molar-refractivity contribution >= 4 is 6.34 Å². The summed E-state index contributed by atoms with van der Waals surface area (Å²) in [4.78, 5) is 9.53. The second-order valence-corrected chi connectivity index (χ2v) is 6.59. The fourth-order valence-corrected chi connectivity index (χ4v) is 3.48. The number of rotatable bonds is 1. The number of hydrogen-bond acceptors (Lipinski definition) is 3. The number of hydrogen-bond donors (Lipinski definition) is 0. The van der Waals surface area contributed by atoms with E-state index in [4.69, 9.17) is 0 Å². The Morgan fingerprint density at radius 2 is 1.62 bits per heavy atom. The molecule has 3 nitrogen and oxygen atoms in total. The fraction of sp³-hybridized carbons (Fsp3) is 0.833. The smallest absolute Gasteiger partial charge is 0.0847 e. The van der Waals surface area contributed by atoms with E-state index in [0.717, 1.165) is 19.1 Å². The lowest BCUT2D eigenvalue weighted by Gasteiger charge is -2.33. The van der Waals surface area contributed by atoms with Crippen LogP contribution in [-0.2, 0) is 0 Å². The van der Waals surface area contributed by atoms with Gasteiger partial charge in [0.05, 0.1) is 6.34 Å². The van der Waals surface area contributed by atoms with Gasteiger partial charge < -0.3 is 9.80 Å². The molecule has 0 aromatic carbocycles. The van der Waals surface area contributed by atoms with Crippen LogP contribution in [0.1, 0.15) is 57.8 Å². The number of nitrogens with zero attached hydrogens (tertiary/aromatic N) is 3. The first kappa shape index (κ1) is 16.5. The molecule has 0 saturated heterocycles. The quantitative estimate of drug-likeness (QED) is 0.686. The summed E-state index contributed by atoms with van der Waals surface area (Å²) in [5.41, 5.74) is 0. The van der Waals surface area contributed by atoms with Gasteiger partial charge in [-0.05, 0) is 51.4 Å². The normalized spacial score (nSPS) is 27.5. The maximum absolute atomic E-state index is 4.52. The predicted molar refractivity (Wildman–Crippen MR) is 92.0 cm³/mol. The molecule has 0 aromatic rings. The van der Waals surface area contributed by atoms with Gasteiger partial charge in [0.15, 0.2) is 0 Å². The summed E-state index contributed by atoms with van der Waals surface area (Å²) in [6.45, 7) is 4.62. The third-order valence-corrected chi connectivity index (χ3v) is 4.72. The van der Waals surface area contributed by atoms with Gasteiger partial charge in [-0.25, -0.2) is 0 Å². The maximum Gasteiger partial charge on any atom is 0.0847 e. The van der Waals surface area contributed by atoms with Crippen LogP contribution < -0.4 is 0 Å². The minimum atomic E-state index is 0.810. The van der Waals surface area contributed by atoms with E-state index in [1.807, 2.05) is 6.34 Å². The van der Waals surface area contributed by atoms with E-state index in [9.17, 15) is 0 Å². The van der Waals surface area contributed by atoms with E-state index in [1.54, 1.807) is 0 Å². The van der Waals surface area contributed by atoms with Gasteiger partial charge in [-0.15, -0.1) is 0 Å². The Morgan fingerprint density at radius 3 is 2.52 bits per heavy atom. The van der Waals surface area contributed by atoms with Crippen LogP contribution in [0, 0.1) is 0 Å². The lowest BCUT2D eigenvalue weighted by molar-refractivity contribution is 0.164. The fourth-order valence-electron chi connectivity index (χ4n) is 3.48. The standard InChI is InChI=1S/C18H33N3/c1-20-14-10-16-21(15-9-13-19-17-20)18-11-7-5-3-2-4-6-8-12-18/h2-3,17-18H,4-16H2,1H3. The second kappa shape index (κ2) is 9.99. The molecule has 0 amide bonds. The monoisotopic (exact) mass is 291 g/mol. The number of allylic oxidation sites excluding steroid dienone is 2. The van der Waals surface area contributed by atoms with E-state index in [0.29, 0.717) is 0 Å². The molecule has 1 aliphatic carbocycles. The summed E-state index contributed by atoms with van der Waals surface area (Å²) in [6.07, 6.45) is 18.7. The van der Waals surface area contributed by atoms with Crippen molar-refractivity contribution < 1.29 is 0 Å². The van der Waals surface area contributed by atoms with Gasteiger partial charge in [-0.2, -0.15) is 0 Å². The molecule has 1 heterocycles. The first-order valence-corrected chi connectivity index (χ1v) is 8.95. The molecule has 1 unspecified atom stereocenters. The van der Waals surface area contributed by atoms with Crippen molar-refractivity contribution in [2.45, 2.75) is 63.8 Å². The van der Waals surface area contributed by atoms with Gasteiger partial charge in [0, 0.05) is 39.3 Å². The van der Waals surface area contributed by atoms with Gasteiger partial charge in [0.25, 0.3) is 0 Å². The Morgan fingerprint density at radius 1 is 0.857 bits per heavy atom. The summed E-state index contributed by atoms with van der Waals surface area (Å²) in [5.74, 6) is 0. The van der Waals surface area contributed by atoms with Gasteiger partial charge >= 0.3 is 0 Å². The van der Waals surface area contributed by atoms with Crippen molar-refractivity contribution in [3.63, 3.8) is 0 Å². The Balaban J connectivity index is 1.88. The largest absolute Gasteiger partial charge is 0.366 e. The van der Waals surface area contributed by atoms with Crippen LogP contribution in [0.25, 0.3) is 0 Å². The average Bonchev–Trinajstić information content (AvgIpc) is 2.51. The Hall–Kier alpha value is -0.830. The van der Waals surface area contributed by atoms with E-state index in [-0.39, 0.29) is 0 Å². The molecule has 2 rings (SSSR count). The molecule has 1 aliphatic heterocycles. The molecule has 0 bridgehead atoms. The topological polar surface area (TPSA) is 18.8 Å². The third kappa shape index (κ3) is 6.64. The van der Waals surface area contributed by atoms with Crippen LogP contribution in [0.15, 0.2) is 17.1 Å². The molecular weight excluding hydrogens is 258 g/mol. The summed E-state index contributed by atoms with van der Waals surface area (Å²) in [6, 6.07) is 0.810. The highest BCUT2D eigenvalue weighted by Gasteiger charge is 2.18. The maximum atomic E-state index is 4.52. The van der Waals surface area contributed by atoms with Gasteiger partial charge in [-0.3, -0.25) is 4.99 Å². The van der Waals surface area contributed by atoms with E-state index in [2.05, 4.69) is 34.0 Å². The van der Waals surface area contributed by atoms with Crippen LogP contribution in [0.2, 0.25) is 0 Å². The Bertz CT molecular complexity index is 324. The van der Waals surface area contributed by atoms with E-state index >= 15 is 0 Å². The molecule has 0 saturated carbocycles. The molecule has 0 spiro atoms. The summed E-state index contributed by atoms with van der Waals surface area (Å²) in [7, 11) is 2.14. The van der Waals surface area contributed by atoms with Crippen molar-refractivity contribution in [3.8, 4) is 0 Å². The lowest BCUT2D eigenvalue weighted by Crippen LogP contribution is -2.39. The Labute approximate surface area is 131 Å². The summed E-state index contributed by atoms with van der Waals surface area (Å²) >= 11 is 0. The summed E-state index contributed by atoms with van der Waals surface area (Å²) < 4.78 is 0. The van der Waals surface area contributed by atoms with E-state index in [1.165, 1.54) is 70.9 Å². The molecular formula is C18H33N3. The number of aliphatic imine (C=N–C) groups is 1. The summed E-state index contributed by atoms with van der Waals surface area (Å²) in [5, 5.41) is 0. The molecule has 1 atom stereocenters. The zero-order valence-electron chi connectivity index (χ0n) is 13.8. The molecule has 0 radical (unpaired) electrons. The first-order chi connectivity index (χ1) is 10.4. The highest BCUT2D eigenvalue weighted by atomic mass is 15.2. The second-order valence-electron chi connectivity index (χ2n) is 6.59. The van der Waals surface area contributed by atoms with Crippen molar-refractivity contribution in [2.24, 2.45) is 4.99 Å². The Kier molecular flexibility index (Phi) is 7.87. The molecule has 0 aromatic heterocycles. The van der Waals surface area contributed by atoms with Gasteiger partial charge in [0.1, 0.15) is 0 Å². The lowest BCUT2D eigenvalue weighted by atomic mass is 9.98. The first-order valence-electron chi connectivity index (χ1n) is 8.95. The van der Waals surface area contributed by atoms with Gasteiger partial charge in [-0.1, -0.05) is 18.6 Å². The van der Waals surface area contributed by atoms with Crippen molar-refractivity contribution in [3.05, 3.63) is 12.2 Å². The van der Waals surface area contributed by atoms with Crippen LogP contribution in [0.3, 0.4) is 0 Å². The van der Waals surface area contributed by atoms with Crippen LogP contribution >= 0.6 is 0 Å². The van der Waals surface area contributed by atoms with Crippen molar-refractivity contribution in [2.75, 3.05) is 33.2 Å². The molecule has 120 valence electrons. The SMILES string of the molecule is CN1C=NCCCN(C2CCCC=CCCCC2)CCC1. The molecule has 0 fully saturated rings. The van der Waals surface area contributed by atoms with Crippen molar-refractivity contribution in [1.29, 1.82) is 0 Å². The van der Waals surface area contributed by atoms with Crippen LogP contribution in [-0.4, -0.2) is 55.4 Å². The predicted octanol–water partition coefficient (Wildman–Crippen LogP) is 3.71. The minimum Gasteiger partial charge on any atom is -0.366 e. The molecule has 3 heteroatoms. The molecule has 2 aliphatic rings. The van der Waals surface area contributed by atoms with Crippen molar-refractivity contribution in [1.82, 2.24) is 9.80 Å². The molecule has 0 N–H and O–H groups in total. The average molecular weight is 291 g/mol. The zero-order chi connectivity index (χ0) is 14.8. The minimum absolute atomic E-state index is 0.810. The van der Waals surface area contributed by atoms with Crippen LogP contribution in [0.5, 0.6) is 0 Å². The third-order valence-electron chi connectivity index (χ3n) is 4.72. The van der Waals surface area contributed by atoms with Crippen LogP contribution in [0.4, 0.5) is 0 Å². The van der Waals surface area contributed by atoms with E-state index < -0.39 is 0 Å². The zero-order valence-corrected chi connectivity index (χ0v) is 13.8. The van der Waals surface area contributed by atoms with Gasteiger partial charge in [0.2, 0.25) is 0 Å². The highest BCUT2D eigenvalue weighted by Crippen LogP contribution is 2.19. The highest BCUT2D eigenvalue weighted by molar-refractivity contribution is 5.54. The molecule has 21 heavy (non-hydrogen) atoms.